The van der Waals surface area contributed by atoms with E-state index in [1.165, 1.54) is 4.57 Å². The fraction of sp³-hybridized carbons (Fsp3) is 0.435. The van der Waals surface area contributed by atoms with Gasteiger partial charge in [0, 0.05) is 39.8 Å². The van der Waals surface area contributed by atoms with Crippen molar-refractivity contribution in [1.29, 1.82) is 0 Å². The topological polar surface area (TPSA) is 71.1 Å². The van der Waals surface area contributed by atoms with Gasteiger partial charge in [-0.25, -0.2) is 4.79 Å². The average molecular weight is 412 g/mol. The monoisotopic (exact) mass is 411 g/mol. The molecule has 0 bridgehead atoms. The number of oxazole rings is 1. The summed E-state index contributed by atoms with van der Waals surface area (Å²) in [6.45, 7) is 6.57. The van der Waals surface area contributed by atoms with Gasteiger partial charge in [-0.05, 0) is 35.7 Å². The van der Waals surface area contributed by atoms with Gasteiger partial charge in [0.15, 0.2) is 5.58 Å². The van der Waals surface area contributed by atoms with E-state index in [-0.39, 0.29) is 5.92 Å². The van der Waals surface area contributed by atoms with Crippen LogP contribution in [0.25, 0.3) is 11.1 Å². The molecule has 30 heavy (non-hydrogen) atoms. The molecular formula is C23H29N3O4. The first-order valence-electron chi connectivity index (χ1n) is 10.4. The van der Waals surface area contributed by atoms with Crippen molar-refractivity contribution in [3.63, 3.8) is 0 Å². The van der Waals surface area contributed by atoms with Gasteiger partial charge in [0.2, 0.25) is 0 Å². The fourth-order valence-corrected chi connectivity index (χ4v) is 4.23. The maximum atomic E-state index is 11.7. The second-order valence-electron chi connectivity index (χ2n) is 8.04. The van der Waals surface area contributed by atoms with Gasteiger partial charge >= 0.3 is 5.76 Å². The van der Waals surface area contributed by atoms with Crippen LogP contribution in [0.3, 0.4) is 0 Å². The number of methoxy groups -OCH3 is 1. The predicted molar refractivity (Wildman–Crippen MR) is 117 cm³/mol. The molecule has 2 unspecified atom stereocenters. The summed E-state index contributed by atoms with van der Waals surface area (Å²) in [5, 5.41) is 10.9. The van der Waals surface area contributed by atoms with Gasteiger partial charge in [-0.1, -0.05) is 25.1 Å². The molecule has 1 aliphatic rings. The third kappa shape index (κ3) is 3.95. The van der Waals surface area contributed by atoms with E-state index in [2.05, 4.69) is 22.8 Å². The highest BCUT2D eigenvalue weighted by Gasteiger charge is 2.24. The SMILES string of the molecule is COc1ccccc1N1CCN(CC(C)C(O)c2ccc3c(c2)oc(=O)n3C)CC1. The summed E-state index contributed by atoms with van der Waals surface area (Å²) >= 11 is 0. The van der Waals surface area contributed by atoms with Crippen LogP contribution in [0.5, 0.6) is 5.75 Å². The zero-order valence-corrected chi connectivity index (χ0v) is 17.7. The largest absolute Gasteiger partial charge is 0.495 e. The van der Waals surface area contributed by atoms with Gasteiger partial charge in [-0.15, -0.1) is 0 Å². The molecule has 0 radical (unpaired) electrons. The number of aryl methyl sites for hydroxylation is 1. The van der Waals surface area contributed by atoms with E-state index in [4.69, 9.17) is 9.15 Å². The Kier molecular flexibility index (Phi) is 5.83. The zero-order valence-electron chi connectivity index (χ0n) is 17.7. The second-order valence-corrected chi connectivity index (χ2v) is 8.04. The molecule has 0 saturated carbocycles. The van der Waals surface area contributed by atoms with E-state index in [1.54, 1.807) is 20.2 Å². The van der Waals surface area contributed by atoms with Crippen LogP contribution in [0, 0.1) is 5.92 Å². The maximum Gasteiger partial charge on any atom is 0.419 e. The summed E-state index contributed by atoms with van der Waals surface area (Å²) in [4.78, 5) is 16.4. The number of aromatic nitrogens is 1. The molecule has 2 aromatic carbocycles. The van der Waals surface area contributed by atoms with Gasteiger partial charge < -0.3 is 19.2 Å². The minimum Gasteiger partial charge on any atom is -0.495 e. The number of aliphatic hydroxyl groups excluding tert-OH is 1. The van der Waals surface area contributed by atoms with Crippen molar-refractivity contribution < 1.29 is 14.3 Å². The van der Waals surface area contributed by atoms with Crippen LogP contribution in [0.2, 0.25) is 0 Å². The Morgan fingerprint density at radius 2 is 1.87 bits per heavy atom. The summed E-state index contributed by atoms with van der Waals surface area (Å²) < 4.78 is 12.2. The number of rotatable bonds is 6. The van der Waals surface area contributed by atoms with E-state index >= 15 is 0 Å². The van der Waals surface area contributed by atoms with E-state index in [0.717, 1.165) is 55.2 Å². The molecule has 160 valence electrons. The normalized spacial score (nSPS) is 17.3. The van der Waals surface area contributed by atoms with E-state index < -0.39 is 11.9 Å². The van der Waals surface area contributed by atoms with Gasteiger partial charge in [0.05, 0.1) is 24.4 Å². The number of piperazine rings is 1. The molecule has 0 spiro atoms. The lowest BCUT2D eigenvalue weighted by molar-refractivity contribution is 0.0863. The summed E-state index contributed by atoms with van der Waals surface area (Å²) in [5.74, 6) is 0.561. The number of benzene rings is 2. The molecule has 2 atom stereocenters. The number of hydrogen-bond acceptors (Lipinski definition) is 6. The van der Waals surface area contributed by atoms with Crippen LogP contribution in [-0.2, 0) is 7.05 Å². The number of hydrogen-bond donors (Lipinski definition) is 1. The van der Waals surface area contributed by atoms with Crippen molar-refractivity contribution in [2.24, 2.45) is 13.0 Å². The highest BCUT2D eigenvalue weighted by molar-refractivity contribution is 5.73. The first-order valence-corrected chi connectivity index (χ1v) is 10.4. The highest BCUT2D eigenvalue weighted by atomic mass is 16.5. The lowest BCUT2D eigenvalue weighted by atomic mass is 9.96. The van der Waals surface area contributed by atoms with Crippen molar-refractivity contribution in [2.75, 3.05) is 44.7 Å². The zero-order chi connectivity index (χ0) is 21.3. The first-order chi connectivity index (χ1) is 14.5. The summed E-state index contributed by atoms with van der Waals surface area (Å²) in [6, 6.07) is 13.6. The van der Waals surface area contributed by atoms with Crippen LogP contribution >= 0.6 is 0 Å². The van der Waals surface area contributed by atoms with Crippen molar-refractivity contribution >= 4 is 16.8 Å². The predicted octanol–water partition coefficient (Wildman–Crippen LogP) is 2.63. The van der Waals surface area contributed by atoms with Crippen molar-refractivity contribution in [1.82, 2.24) is 9.47 Å². The maximum absolute atomic E-state index is 11.7. The van der Waals surface area contributed by atoms with Crippen molar-refractivity contribution in [2.45, 2.75) is 13.0 Å². The second kappa shape index (κ2) is 8.53. The number of aliphatic hydroxyl groups is 1. The van der Waals surface area contributed by atoms with E-state index in [9.17, 15) is 9.90 Å². The Hall–Kier alpha value is -2.77. The van der Waals surface area contributed by atoms with Gasteiger partial charge in [0.25, 0.3) is 0 Å². The molecule has 0 amide bonds. The Morgan fingerprint density at radius 1 is 1.13 bits per heavy atom. The van der Waals surface area contributed by atoms with Crippen molar-refractivity contribution in [3.8, 4) is 5.75 Å². The number of ether oxygens (including phenoxy) is 1. The smallest absolute Gasteiger partial charge is 0.419 e. The molecule has 1 fully saturated rings. The van der Waals surface area contributed by atoms with Crippen LogP contribution < -0.4 is 15.4 Å². The van der Waals surface area contributed by atoms with Gasteiger partial charge in [0.1, 0.15) is 5.75 Å². The van der Waals surface area contributed by atoms with E-state index in [0.29, 0.717) is 5.58 Å². The minimum atomic E-state index is -0.618. The lowest BCUT2D eigenvalue weighted by Gasteiger charge is -2.38. The summed E-state index contributed by atoms with van der Waals surface area (Å²) in [6.07, 6.45) is -0.618. The highest BCUT2D eigenvalue weighted by Crippen LogP contribution is 2.29. The summed E-state index contributed by atoms with van der Waals surface area (Å²) in [5.41, 5.74) is 3.15. The molecule has 1 aliphatic heterocycles. The molecular weight excluding hydrogens is 382 g/mol. The molecule has 1 aromatic heterocycles. The van der Waals surface area contributed by atoms with Crippen LogP contribution in [0.4, 0.5) is 5.69 Å². The first kappa shape index (κ1) is 20.5. The Balaban J connectivity index is 1.37. The Bertz CT molecular complexity index is 1070. The lowest BCUT2D eigenvalue weighted by Crippen LogP contribution is -2.48. The molecule has 2 heterocycles. The number of para-hydroxylation sites is 2. The fourth-order valence-electron chi connectivity index (χ4n) is 4.23. The molecule has 7 heteroatoms. The van der Waals surface area contributed by atoms with Crippen LogP contribution in [0.15, 0.2) is 51.7 Å². The Labute approximate surface area is 176 Å². The minimum absolute atomic E-state index is 0.0516. The molecule has 7 nitrogen and oxygen atoms in total. The molecule has 1 saturated heterocycles. The van der Waals surface area contributed by atoms with Crippen LogP contribution in [-0.4, -0.2) is 54.4 Å². The molecule has 4 rings (SSSR count). The van der Waals surface area contributed by atoms with Gasteiger partial charge in [-0.3, -0.25) is 9.47 Å². The number of anilines is 1. The molecule has 1 N–H and O–H groups in total. The van der Waals surface area contributed by atoms with Crippen molar-refractivity contribution in [3.05, 3.63) is 58.6 Å². The average Bonchev–Trinajstić information content (AvgIpc) is 3.06. The van der Waals surface area contributed by atoms with Gasteiger partial charge in [-0.2, -0.15) is 0 Å². The summed E-state index contributed by atoms with van der Waals surface area (Å²) in [7, 11) is 3.38. The van der Waals surface area contributed by atoms with Crippen LogP contribution in [0.1, 0.15) is 18.6 Å². The number of fused-ring (bicyclic) bond motifs is 1. The third-order valence-corrected chi connectivity index (χ3v) is 6.04. The number of nitrogens with zero attached hydrogens (tertiary/aromatic N) is 3. The molecule has 0 aliphatic carbocycles. The van der Waals surface area contributed by atoms with E-state index in [1.807, 2.05) is 30.3 Å². The third-order valence-electron chi connectivity index (χ3n) is 6.04. The Morgan fingerprint density at radius 3 is 2.60 bits per heavy atom. The standard InChI is InChI=1S/C23H29N3O4/c1-16(22(27)17-8-9-18-21(14-17)30-23(28)24(18)2)15-25-10-12-26(13-11-25)19-6-4-5-7-20(19)29-3/h4-9,14,16,22,27H,10-13,15H2,1-3H3. The molecule has 3 aromatic rings. The quantitative estimate of drug-likeness (QED) is 0.672.